The molecule has 2 N–H and O–H groups in total. The van der Waals surface area contributed by atoms with Crippen molar-refractivity contribution >= 4 is 10.8 Å². The molecular formula is C17H16N2O. The number of hydrogen-bond donors (Lipinski definition) is 1. The topological polar surface area (TPSA) is 48.1 Å². The Morgan fingerprint density at radius 2 is 1.85 bits per heavy atom. The van der Waals surface area contributed by atoms with Gasteiger partial charge in [-0.15, -0.1) is 0 Å². The van der Waals surface area contributed by atoms with Crippen LogP contribution in [-0.2, 0) is 6.42 Å². The molecule has 0 aliphatic rings. The fourth-order valence-electron chi connectivity index (χ4n) is 2.23. The molecule has 3 nitrogen and oxygen atoms in total. The zero-order valence-electron chi connectivity index (χ0n) is 11.1. The van der Waals surface area contributed by atoms with Gasteiger partial charge >= 0.3 is 0 Å². The minimum Gasteiger partial charge on any atom is -0.455 e. The van der Waals surface area contributed by atoms with Gasteiger partial charge in [-0.2, -0.15) is 0 Å². The summed E-state index contributed by atoms with van der Waals surface area (Å²) < 4.78 is 5.98. The Bertz CT molecular complexity index is 720. The van der Waals surface area contributed by atoms with Crippen LogP contribution >= 0.6 is 0 Å². The first-order chi connectivity index (χ1) is 9.86. The van der Waals surface area contributed by atoms with E-state index in [2.05, 4.69) is 23.2 Å². The van der Waals surface area contributed by atoms with Crippen LogP contribution in [0.4, 0.5) is 0 Å². The maximum Gasteiger partial charge on any atom is 0.146 e. The van der Waals surface area contributed by atoms with E-state index in [1.807, 2.05) is 36.5 Å². The van der Waals surface area contributed by atoms with Crippen LogP contribution < -0.4 is 10.5 Å². The SMILES string of the molecule is NCCc1cncc(Oc2cccc3ccccc23)c1. The van der Waals surface area contributed by atoms with Gasteiger partial charge in [0.25, 0.3) is 0 Å². The van der Waals surface area contributed by atoms with E-state index in [1.54, 1.807) is 6.20 Å². The molecule has 0 bridgehead atoms. The van der Waals surface area contributed by atoms with Crippen molar-refractivity contribution in [2.45, 2.75) is 6.42 Å². The fourth-order valence-corrected chi connectivity index (χ4v) is 2.23. The fraction of sp³-hybridized carbons (Fsp3) is 0.118. The molecule has 1 aromatic heterocycles. The number of ether oxygens (including phenoxy) is 1. The first kappa shape index (κ1) is 12.6. The van der Waals surface area contributed by atoms with E-state index in [4.69, 9.17) is 10.5 Å². The first-order valence-electron chi connectivity index (χ1n) is 6.66. The molecule has 0 atom stereocenters. The number of aromatic nitrogens is 1. The predicted octanol–water partition coefficient (Wildman–Crippen LogP) is 3.53. The van der Waals surface area contributed by atoms with Crippen LogP contribution in [0.25, 0.3) is 10.8 Å². The highest BCUT2D eigenvalue weighted by Crippen LogP contribution is 2.29. The Kier molecular flexibility index (Phi) is 3.61. The summed E-state index contributed by atoms with van der Waals surface area (Å²) in [5.41, 5.74) is 6.66. The van der Waals surface area contributed by atoms with Crippen LogP contribution in [0.1, 0.15) is 5.56 Å². The zero-order chi connectivity index (χ0) is 13.8. The van der Waals surface area contributed by atoms with Crippen LogP contribution in [0.5, 0.6) is 11.5 Å². The van der Waals surface area contributed by atoms with Crippen LogP contribution in [-0.4, -0.2) is 11.5 Å². The number of rotatable bonds is 4. The molecule has 0 aliphatic carbocycles. The molecule has 0 fully saturated rings. The van der Waals surface area contributed by atoms with E-state index in [0.717, 1.165) is 34.3 Å². The molecule has 0 spiro atoms. The Labute approximate surface area is 118 Å². The lowest BCUT2D eigenvalue weighted by Gasteiger charge is -2.09. The van der Waals surface area contributed by atoms with E-state index >= 15 is 0 Å². The van der Waals surface area contributed by atoms with E-state index in [9.17, 15) is 0 Å². The van der Waals surface area contributed by atoms with Crippen LogP contribution in [0, 0.1) is 0 Å². The van der Waals surface area contributed by atoms with Gasteiger partial charge in [0.15, 0.2) is 0 Å². The second-order valence-corrected chi connectivity index (χ2v) is 4.65. The van der Waals surface area contributed by atoms with E-state index in [-0.39, 0.29) is 0 Å². The molecule has 0 saturated heterocycles. The second kappa shape index (κ2) is 5.72. The largest absolute Gasteiger partial charge is 0.455 e. The Morgan fingerprint density at radius 1 is 1.00 bits per heavy atom. The summed E-state index contributed by atoms with van der Waals surface area (Å²) in [6, 6.07) is 16.2. The first-order valence-corrected chi connectivity index (χ1v) is 6.66. The molecule has 1 heterocycles. The summed E-state index contributed by atoms with van der Waals surface area (Å²) >= 11 is 0. The van der Waals surface area contributed by atoms with Crippen LogP contribution in [0.3, 0.4) is 0 Å². The van der Waals surface area contributed by atoms with Gasteiger partial charge in [0, 0.05) is 11.6 Å². The average Bonchev–Trinajstić information content (AvgIpc) is 2.48. The Morgan fingerprint density at radius 3 is 2.75 bits per heavy atom. The molecule has 100 valence electrons. The van der Waals surface area contributed by atoms with Gasteiger partial charge in [-0.3, -0.25) is 4.98 Å². The minimum absolute atomic E-state index is 0.611. The standard InChI is InChI=1S/C17H16N2O/c18-9-8-13-10-15(12-19-11-13)20-17-7-3-5-14-4-1-2-6-16(14)17/h1-7,10-12H,8-9,18H2. The lowest BCUT2D eigenvalue weighted by molar-refractivity contribution is 0.485. The van der Waals surface area contributed by atoms with Crippen molar-refractivity contribution in [1.82, 2.24) is 4.98 Å². The van der Waals surface area contributed by atoms with Gasteiger partial charge in [-0.1, -0.05) is 36.4 Å². The summed E-state index contributed by atoms with van der Waals surface area (Å²) in [6.07, 6.45) is 4.35. The summed E-state index contributed by atoms with van der Waals surface area (Å²) in [5, 5.41) is 2.26. The monoisotopic (exact) mass is 264 g/mol. The van der Waals surface area contributed by atoms with Crippen molar-refractivity contribution in [3.63, 3.8) is 0 Å². The van der Waals surface area contributed by atoms with Crippen LogP contribution in [0.2, 0.25) is 0 Å². The number of benzene rings is 2. The number of nitrogens with two attached hydrogens (primary N) is 1. The molecule has 2 aromatic carbocycles. The van der Waals surface area contributed by atoms with Crippen molar-refractivity contribution < 1.29 is 4.74 Å². The highest BCUT2D eigenvalue weighted by Gasteiger charge is 2.04. The maximum absolute atomic E-state index is 5.98. The van der Waals surface area contributed by atoms with Gasteiger partial charge in [0.2, 0.25) is 0 Å². The quantitative estimate of drug-likeness (QED) is 0.784. The summed E-state index contributed by atoms with van der Waals surface area (Å²) in [7, 11) is 0. The molecule has 3 rings (SSSR count). The van der Waals surface area contributed by atoms with Crippen molar-refractivity contribution in [2.24, 2.45) is 5.73 Å². The van der Waals surface area contributed by atoms with Crippen molar-refractivity contribution in [1.29, 1.82) is 0 Å². The molecule has 0 radical (unpaired) electrons. The Balaban J connectivity index is 1.95. The second-order valence-electron chi connectivity index (χ2n) is 4.65. The lowest BCUT2D eigenvalue weighted by Crippen LogP contribution is -2.03. The third-order valence-corrected chi connectivity index (χ3v) is 3.18. The van der Waals surface area contributed by atoms with Gasteiger partial charge in [0.1, 0.15) is 11.5 Å². The van der Waals surface area contributed by atoms with Crippen molar-refractivity contribution in [3.8, 4) is 11.5 Å². The van der Waals surface area contributed by atoms with Gasteiger partial charge < -0.3 is 10.5 Å². The highest BCUT2D eigenvalue weighted by atomic mass is 16.5. The van der Waals surface area contributed by atoms with Crippen LogP contribution in [0.15, 0.2) is 60.9 Å². The maximum atomic E-state index is 5.98. The summed E-state index contributed by atoms with van der Waals surface area (Å²) in [5.74, 6) is 1.59. The smallest absolute Gasteiger partial charge is 0.146 e. The predicted molar refractivity (Wildman–Crippen MR) is 81.0 cm³/mol. The minimum atomic E-state index is 0.611. The van der Waals surface area contributed by atoms with Gasteiger partial charge in [-0.05, 0) is 36.0 Å². The molecule has 3 heteroatoms. The van der Waals surface area contributed by atoms with Crippen molar-refractivity contribution in [2.75, 3.05) is 6.54 Å². The van der Waals surface area contributed by atoms with E-state index in [0.29, 0.717) is 6.54 Å². The lowest BCUT2D eigenvalue weighted by atomic mass is 10.1. The number of hydrogen-bond acceptors (Lipinski definition) is 3. The third-order valence-electron chi connectivity index (χ3n) is 3.18. The molecule has 0 saturated carbocycles. The molecule has 0 unspecified atom stereocenters. The molecule has 0 aliphatic heterocycles. The highest BCUT2D eigenvalue weighted by molar-refractivity contribution is 5.88. The molecule has 0 amide bonds. The average molecular weight is 264 g/mol. The number of fused-ring (bicyclic) bond motifs is 1. The summed E-state index contributed by atoms with van der Waals surface area (Å²) in [4.78, 5) is 4.20. The number of pyridine rings is 1. The van der Waals surface area contributed by atoms with E-state index < -0.39 is 0 Å². The normalized spacial score (nSPS) is 10.7. The van der Waals surface area contributed by atoms with Gasteiger partial charge in [-0.25, -0.2) is 0 Å². The summed E-state index contributed by atoms with van der Waals surface area (Å²) in [6.45, 7) is 0.611. The van der Waals surface area contributed by atoms with E-state index in [1.165, 1.54) is 0 Å². The molecular weight excluding hydrogens is 248 g/mol. The zero-order valence-corrected chi connectivity index (χ0v) is 11.1. The Hall–Kier alpha value is -2.39. The van der Waals surface area contributed by atoms with Gasteiger partial charge in [0.05, 0.1) is 6.20 Å². The molecule has 20 heavy (non-hydrogen) atoms. The van der Waals surface area contributed by atoms with Crippen molar-refractivity contribution in [3.05, 3.63) is 66.5 Å². The molecule has 3 aromatic rings. The third kappa shape index (κ3) is 2.63. The number of nitrogens with zero attached hydrogens (tertiary/aromatic N) is 1.